The Balaban J connectivity index is 2.24. The van der Waals surface area contributed by atoms with E-state index in [1.54, 1.807) is 24.3 Å². The molecule has 0 amide bonds. The summed E-state index contributed by atoms with van der Waals surface area (Å²) in [6, 6.07) is 16.3. The molecule has 6 heteroatoms. The Morgan fingerprint density at radius 2 is 1.80 bits per heavy atom. The van der Waals surface area contributed by atoms with Gasteiger partial charge in [0.1, 0.15) is 5.92 Å². The van der Waals surface area contributed by atoms with E-state index >= 15 is 0 Å². The molecule has 3 rings (SSSR count). The van der Waals surface area contributed by atoms with Crippen LogP contribution in [0, 0.1) is 17.0 Å². The van der Waals surface area contributed by atoms with Crippen molar-refractivity contribution in [2.75, 3.05) is 7.11 Å². The van der Waals surface area contributed by atoms with E-state index in [0.717, 1.165) is 5.56 Å². The summed E-state index contributed by atoms with van der Waals surface area (Å²) in [5, 5.41) is 14.6. The van der Waals surface area contributed by atoms with E-state index in [4.69, 9.17) is 4.74 Å². The molecular formula is C19H18N2O4. The van der Waals surface area contributed by atoms with Crippen LogP contribution in [0.1, 0.15) is 22.6 Å². The molecule has 2 aromatic carbocycles. The lowest BCUT2D eigenvalue weighted by atomic mass is 9.74. The Bertz CT molecular complexity index is 830. The fourth-order valence-corrected chi connectivity index (χ4v) is 3.32. The maximum atomic E-state index is 12.8. The molecule has 0 aromatic heterocycles. The first-order valence-electron chi connectivity index (χ1n) is 7.83. The van der Waals surface area contributed by atoms with Crippen LogP contribution < -0.4 is 5.32 Å². The molecule has 0 fully saturated rings. The van der Waals surface area contributed by atoms with Crippen LogP contribution in [0.2, 0.25) is 0 Å². The summed E-state index contributed by atoms with van der Waals surface area (Å²) in [6.07, 6.45) is 1.30. The number of nitrogens with one attached hydrogen (secondary N) is 1. The average Bonchev–Trinajstić information content (AvgIpc) is 3.04. The molecule has 0 unspecified atom stereocenters. The smallest absolute Gasteiger partial charge is 0.337 e. The van der Waals surface area contributed by atoms with Crippen molar-refractivity contribution in [2.24, 2.45) is 0 Å². The van der Waals surface area contributed by atoms with Crippen LogP contribution in [0.3, 0.4) is 0 Å². The minimum Gasteiger partial charge on any atom is -0.467 e. The number of hydrogen-bond acceptors (Lipinski definition) is 5. The van der Waals surface area contributed by atoms with Crippen molar-refractivity contribution in [1.82, 2.24) is 5.32 Å². The number of ether oxygens (including phenoxy) is 1. The highest BCUT2D eigenvalue weighted by Crippen LogP contribution is 2.46. The number of carbonyl (C=O) groups is 1. The maximum absolute atomic E-state index is 12.8. The molecule has 0 spiro atoms. The number of methoxy groups -OCH3 is 1. The summed E-state index contributed by atoms with van der Waals surface area (Å²) in [4.78, 5) is 24.0. The highest BCUT2D eigenvalue weighted by molar-refractivity contribution is 5.86. The van der Waals surface area contributed by atoms with Gasteiger partial charge in [0.25, 0.3) is 5.70 Å². The minimum atomic E-state index is -1.38. The standard InChI is InChI=1S/C19H18N2O4/c1-13-8-10-14(11-9-13)17-16(21(23)24)12-20-19(17,18(22)25-2)15-6-4-3-5-7-15/h3-12,17,20H,1-2H3/t17-,19-/m0/s1. The number of carbonyl (C=O) groups excluding carboxylic acids is 1. The van der Waals surface area contributed by atoms with Crippen molar-refractivity contribution in [3.05, 3.63) is 93.3 Å². The third-order valence-electron chi connectivity index (χ3n) is 4.53. The lowest BCUT2D eigenvalue weighted by Gasteiger charge is -2.33. The van der Waals surface area contributed by atoms with E-state index in [1.165, 1.54) is 13.3 Å². The first-order valence-corrected chi connectivity index (χ1v) is 7.83. The van der Waals surface area contributed by atoms with Gasteiger partial charge in [0, 0.05) is 0 Å². The minimum absolute atomic E-state index is 0.0712. The fourth-order valence-electron chi connectivity index (χ4n) is 3.32. The van der Waals surface area contributed by atoms with Crippen LogP contribution in [0.25, 0.3) is 0 Å². The van der Waals surface area contributed by atoms with Crippen LogP contribution in [0.5, 0.6) is 0 Å². The lowest BCUT2D eigenvalue weighted by molar-refractivity contribution is -0.430. The van der Waals surface area contributed by atoms with E-state index < -0.39 is 22.3 Å². The highest BCUT2D eigenvalue weighted by atomic mass is 16.6. The van der Waals surface area contributed by atoms with Crippen molar-refractivity contribution in [2.45, 2.75) is 18.4 Å². The molecule has 0 aliphatic carbocycles. The van der Waals surface area contributed by atoms with Crippen molar-refractivity contribution in [3.8, 4) is 0 Å². The molecule has 1 aliphatic rings. The molecule has 1 aliphatic heterocycles. The zero-order valence-corrected chi connectivity index (χ0v) is 13.9. The zero-order valence-electron chi connectivity index (χ0n) is 13.9. The van der Waals surface area contributed by atoms with Crippen molar-refractivity contribution in [3.63, 3.8) is 0 Å². The largest absolute Gasteiger partial charge is 0.467 e. The van der Waals surface area contributed by atoms with Gasteiger partial charge in [-0.3, -0.25) is 10.1 Å². The molecular weight excluding hydrogens is 320 g/mol. The summed E-state index contributed by atoms with van der Waals surface area (Å²) in [6.45, 7) is 1.94. The molecule has 2 aromatic rings. The van der Waals surface area contributed by atoms with Gasteiger partial charge >= 0.3 is 5.97 Å². The van der Waals surface area contributed by atoms with E-state index in [9.17, 15) is 14.9 Å². The third kappa shape index (κ3) is 2.65. The number of benzene rings is 2. The van der Waals surface area contributed by atoms with Gasteiger partial charge in [-0.15, -0.1) is 0 Å². The van der Waals surface area contributed by atoms with Gasteiger partial charge in [-0.1, -0.05) is 60.2 Å². The summed E-state index contributed by atoms with van der Waals surface area (Å²) >= 11 is 0. The van der Waals surface area contributed by atoms with Crippen LogP contribution in [-0.2, 0) is 15.1 Å². The predicted molar refractivity (Wildman–Crippen MR) is 92.3 cm³/mol. The van der Waals surface area contributed by atoms with Gasteiger partial charge in [-0.05, 0) is 18.1 Å². The van der Waals surface area contributed by atoms with Crippen molar-refractivity contribution < 1.29 is 14.5 Å². The summed E-state index contributed by atoms with van der Waals surface area (Å²) in [5.74, 6) is -1.38. The Hall–Kier alpha value is -3.15. The number of esters is 1. The van der Waals surface area contributed by atoms with E-state index in [0.29, 0.717) is 11.1 Å². The number of nitro groups is 1. The maximum Gasteiger partial charge on any atom is 0.337 e. The van der Waals surface area contributed by atoms with Gasteiger partial charge in [-0.25, -0.2) is 4.79 Å². The van der Waals surface area contributed by atoms with Crippen LogP contribution in [0.15, 0.2) is 66.5 Å². The average molecular weight is 338 g/mol. The normalized spacial score (nSPS) is 22.0. The third-order valence-corrected chi connectivity index (χ3v) is 4.53. The quantitative estimate of drug-likeness (QED) is 0.527. The van der Waals surface area contributed by atoms with Crippen molar-refractivity contribution in [1.29, 1.82) is 0 Å². The van der Waals surface area contributed by atoms with E-state index in [2.05, 4.69) is 5.32 Å². The number of rotatable bonds is 4. The first kappa shape index (κ1) is 16.7. The van der Waals surface area contributed by atoms with Crippen LogP contribution in [0.4, 0.5) is 0 Å². The molecule has 0 saturated carbocycles. The van der Waals surface area contributed by atoms with E-state index in [1.807, 2.05) is 37.3 Å². The van der Waals surface area contributed by atoms with Gasteiger partial charge < -0.3 is 10.1 Å². The number of aryl methyl sites for hydroxylation is 1. The van der Waals surface area contributed by atoms with Gasteiger partial charge in [-0.2, -0.15) is 0 Å². The SMILES string of the molecule is COC(=O)[C@@]1(c2ccccc2)NC=C([N+](=O)[O-])[C@@H]1c1ccc(C)cc1. The van der Waals surface area contributed by atoms with Crippen LogP contribution >= 0.6 is 0 Å². The summed E-state index contributed by atoms with van der Waals surface area (Å²) in [7, 11) is 1.28. The fraction of sp³-hybridized carbons (Fsp3) is 0.211. The molecule has 1 heterocycles. The van der Waals surface area contributed by atoms with Crippen molar-refractivity contribution >= 4 is 5.97 Å². The number of nitrogens with zero attached hydrogens (tertiary/aromatic N) is 1. The van der Waals surface area contributed by atoms with Gasteiger partial charge in [0.05, 0.1) is 18.2 Å². The molecule has 25 heavy (non-hydrogen) atoms. The van der Waals surface area contributed by atoms with E-state index in [-0.39, 0.29) is 5.70 Å². The molecule has 6 nitrogen and oxygen atoms in total. The highest BCUT2D eigenvalue weighted by Gasteiger charge is 2.57. The predicted octanol–water partition coefficient (Wildman–Crippen LogP) is 2.87. The second kappa shape index (κ2) is 6.39. The molecule has 0 saturated heterocycles. The molecule has 0 bridgehead atoms. The van der Waals surface area contributed by atoms with Crippen LogP contribution in [-0.4, -0.2) is 18.0 Å². The van der Waals surface area contributed by atoms with Gasteiger partial charge in [0.15, 0.2) is 5.54 Å². The molecule has 0 radical (unpaired) electrons. The topological polar surface area (TPSA) is 81.5 Å². The Labute approximate surface area is 145 Å². The monoisotopic (exact) mass is 338 g/mol. The first-order chi connectivity index (χ1) is 12.0. The Morgan fingerprint density at radius 3 is 2.36 bits per heavy atom. The molecule has 2 atom stereocenters. The molecule has 1 N–H and O–H groups in total. The molecule has 128 valence electrons. The second-order valence-corrected chi connectivity index (χ2v) is 5.98. The Kier molecular flexibility index (Phi) is 4.27. The lowest BCUT2D eigenvalue weighted by Crippen LogP contribution is -2.49. The summed E-state index contributed by atoms with van der Waals surface area (Å²) < 4.78 is 5.04. The zero-order chi connectivity index (χ0) is 18.0. The number of hydrogen-bond donors (Lipinski definition) is 1. The van der Waals surface area contributed by atoms with Gasteiger partial charge in [0.2, 0.25) is 0 Å². The summed E-state index contributed by atoms with van der Waals surface area (Å²) in [5.41, 5.74) is 0.865. The second-order valence-electron chi connectivity index (χ2n) is 5.98. The Morgan fingerprint density at radius 1 is 1.16 bits per heavy atom.